The van der Waals surface area contributed by atoms with Crippen molar-refractivity contribution in [1.29, 1.82) is 0 Å². The first-order valence-electron chi connectivity index (χ1n) is 6.97. The molecule has 0 spiro atoms. The number of anilines is 2. The molecule has 0 aliphatic rings. The molecule has 5 heteroatoms. The molecule has 0 atom stereocenters. The highest BCUT2D eigenvalue weighted by atomic mass is 16.5. The molecule has 0 aliphatic heterocycles. The maximum Gasteiger partial charge on any atom is 0.224 e. The quantitative estimate of drug-likeness (QED) is 0.760. The van der Waals surface area contributed by atoms with Crippen molar-refractivity contribution < 1.29 is 4.74 Å². The Morgan fingerprint density at radius 2 is 2.00 bits per heavy atom. The average molecular weight is 274 g/mol. The van der Waals surface area contributed by atoms with Crippen LogP contribution in [0.5, 0.6) is 0 Å². The van der Waals surface area contributed by atoms with Crippen molar-refractivity contribution >= 4 is 22.7 Å². The lowest BCUT2D eigenvalue weighted by atomic mass is 10.2. The third kappa shape index (κ3) is 3.81. The van der Waals surface area contributed by atoms with Crippen LogP contribution in [-0.2, 0) is 4.74 Å². The first kappa shape index (κ1) is 14.5. The van der Waals surface area contributed by atoms with Crippen molar-refractivity contribution in [2.24, 2.45) is 5.92 Å². The zero-order valence-corrected chi connectivity index (χ0v) is 12.3. The van der Waals surface area contributed by atoms with E-state index in [1.54, 1.807) is 0 Å². The number of hydrogen-bond acceptors (Lipinski definition) is 5. The third-order valence-corrected chi connectivity index (χ3v) is 2.82. The highest BCUT2D eigenvalue weighted by Crippen LogP contribution is 2.21. The molecule has 2 rings (SSSR count). The maximum absolute atomic E-state index is 5.56. The van der Waals surface area contributed by atoms with Gasteiger partial charge in [-0.15, -0.1) is 0 Å². The van der Waals surface area contributed by atoms with Gasteiger partial charge in [0.25, 0.3) is 0 Å². The van der Waals surface area contributed by atoms with Crippen LogP contribution in [0, 0.1) is 5.92 Å². The lowest BCUT2D eigenvalue weighted by Gasteiger charge is -2.11. The van der Waals surface area contributed by atoms with E-state index in [2.05, 4.69) is 34.4 Å². The van der Waals surface area contributed by atoms with E-state index in [1.807, 2.05) is 31.3 Å². The summed E-state index contributed by atoms with van der Waals surface area (Å²) in [5.74, 6) is 2.02. The third-order valence-electron chi connectivity index (χ3n) is 2.82. The SMILES string of the molecule is CNc1nc(NCCOCC(C)C)c2ccccc2n1. The Bertz CT molecular complexity index is 557. The highest BCUT2D eigenvalue weighted by molar-refractivity contribution is 5.89. The maximum atomic E-state index is 5.56. The average Bonchev–Trinajstić information content (AvgIpc) is 2.46. The molecule has 1 aromatic heterocycles. The molecule has 0 bridgehead atoms. The zero-order chi connectivity index (χ0) is 14.4. The van der Waals surface area contributed by atoms with Crippen LogP contribution in [-0.4, -0.2) is 36.8 Å². The van der Waals surface area contributed by atoms with Gasteiger partial charge in [-0.25, -0.2) is 4.98 Å². The number of rotatable bonds is 7. The van der Waals surface area contributed by atoms with Gasteiger partial charge in [-0.05, 0) is 18.1 Å². The number of nitrogens with zero attached hydrogens (tertiary/aromatic N) is 2. The van der Waals surface area contributed by atoms with Gasteiger partial charge < -0.3 is 15.4 Å². The molecule has 0 aliphatic carbocycles. The molecule has 0 saturated heterocycles. The van der Waals surface area contributed by atoms with Crippen LogP contribution in [0.15, 0.2) is 24.3 Å². The topological polar surface area (TPSA) is 59.1 Å². The minimum atomic E-state index is 0.561. The van der Waals surface area contributed by atoms with Gasteiger partial charge in [-0.2, -0.15) is 4.98 Å². The van der Waals surface area contributed by atoms with Gasteiger partial charge in [0.2, 0.25) is 5.95 Å². The fourth-order valence-electron chi connectivity index (χ4n) is 1.88. The zero-order valence-electron chi connectivity index (χ0n) is 12.3. The van der Waals surface area contributed by atoms with Crippen molar-refractivity contribution in [1.82, 2.24) is 9.97 Å². The molecular weight excluding hydrogens is 252 g/mol. The Morgan fingerprint density at radius 1 is 1.20 bits per heavy atom. The standard InChI is InChI=1S/C15H22N4O/c1-11(2)10-20-9-8-17-14-12-6-4-5-7-13(12)18-15(16-3)19-14/h4-7,11H,8-10H2,1-3H3,(H2,16,17,18,19). The number of aromatic nitrogens is 2. The Labute approximate surface area is 119 Å². The molecule has 0 saturated carbocycles. The smallest absolute Gasteiger partial charge is 0.224 e. The molecule has 0 radical (unpaired) electrons. The van der Waals surface area contributed by atoms with Gasteiger partial charge in [0.15, 0.2) is 0 Å². The second kappa shape index (κ2) is 7.05. The fourth-order valence-corrected chi connectivity index (χ4v) is 1.88. The van der Waals surface area contributed by atoms with Gasteiger partial charge in [0.1, 0.15) is 5.82 Å². The van der Waals surface area contributed by atoms with Gasteiger partial charge >= 0.3 is 0 Å². The Hall–Kier alpha value is -1.88. The first-order valence-corrected chi connectivity index (χ1v) is 6.97. The summed E-state index contributed by atoms with van der Waals surface area (Å²) in [6, 6.07) is 7.97. The molecule has 0 amide bonds. The van der Waals surface area contributed by atoms with E-state index in [9.17, 15) is 0 Å². The second-order valence-corrected chi connectivity index (χ2v) is 5.06. The van der Waals surface area contributed by atoms with Crippen LogP contribution in [0.2, 0.25) is 0 Å². The molecule has 2 aromatic rings. The van der Waals surface area contributed by atoms with E-state index in [0.29, 0.717) is 18.5 Å². The van der Waals surface area contributed by atoms with Crippen LogP contribution in [0.1, 0.15) is 13.8 Å². The van der Waals surface area contributed by atoms with Crippen molar-refractivity contribution in [2.75, 3.05) is 37.4 Å². The lowest BCUT2D eigenvalue weighted by Crippen LogP contribution is -2.13. The van der Waals surface area contributed by atoms with Crippen LogP contribution < -0.4 is 10.6 Å². The Balaban J connectivity index is 2.04. The first-order chi connectivity index (χ1) is 9.70. The number of nitrogens with one attached hydrogen (secondary N) is 2. The summed E-state index contributed by atoms with van der Waals surface area (Å²) in [5.41, 5.74) is 0.928. The van der Waals surface area contributed by atoms with Crippen molar-refractivity contribution in [3.8, 4) is 0 Å². The van der Waals surface area contributed by atoms with Gasteiger partial charge in [-0.1, -0.05) is 26.0 Å². The number of fused-ring (bicyclic) bond motifs is 1. The normalized spacial score (nSPS) is 11.0. The number of hydrogen-bond donors (Lipinski definition) is 2. The lowest BCUT2D eigenvalue weighted by molar-refractivity contribution is 0.118. The van der Waals surface area contributed by atoms with E-state index >= 15 is 0 Å². The van der Waals surface area contributed by atoms with E-state index in [0.717, 1.165) is 29.9 Å². The monoisotopic (exact) mass is 274 g/mol. The molecule has 5 nitrogen and oxygen atoms in total. The Kier molecular flexibility index (Phi) is 5.12. The molecule has 0 fully saturated rings. The summed E-state index contributed by atoms with van der Waals surface area (Å²) in [4.78, 5) is 8.89. The largest absolute Gasteiger partial charge is 0.379 e. The Morgan fingerprint density at radius 3 is 2.75 bits per heavy atom. The highest BCUT2D eigenvalue weighted by Gasteiger charge is 2.05. The van der Waals surface area contributed by atoms with Crippen LogP contribution in [0.4, 0.5) is 11.8 Å². The number of benzene rings is 1. The summed E-state index contributed by atoms with van der Waals surface area (Å²) in [5, 5.41) is 7.33. The van der Waals surface area contributed by atoms with Crippen molar-refractivity contribution in [2.45, 2.75) is 13.8 Å². The molecular formula is C15H22N4O. The fraction of sp³-hybridized carbons (Fsp3) is 0.467. The molecule has 2 N–H and O–H groups in total. The molecule has 1 heterocycles. The number of ether oxygens (including phenoxy) is 1. The molecule has 0 unspecified atom stereocenters. The van der Waals surface area contributed by atoms with E-state index in [1.165, 1.54) is 0 Å². The van der Waals surface area contributed by atoms with E-state index in [-0.39, 0.29) is 0 Å². The summed E-state index contributed by atoms with van der Waals surface area (Å²) >= 11 is 0. The van der Waals surface area contributed by atoms with Gasteiger partial charge in [-0.3, -0.25) is 0 Å². The molecule has 1 aromatic carbocycles. The summed E-state index contributed by atoms with van der Waals surface area (Å²) in [7, 11) is 1.82. The minimum Gasteiger partial charge on any atom is -0.379 e. The van der Waals surface area contributed by atoms with Gasteiger partial charge in [0, 0.05) is 25.6 Å². The second-order valence-electron chi connectivity index (χ2n) is 5.06. The summed E-state index contributed by atoms with van der Waals surface area (Å²) < 4.78 is 5.56. The minimum absolute atomic E-state index is 0.561. The molecule has 108 valence electrons. The summed E-state index contributed by atoms with van der Waals surface area (Å²) in [6.45, 7) is 6.48. The van der Waals surface area contributed by atoms with Crippen LogP contribution in [0.3, 0.4) is 0 Å². The molecule has 20 heavy (non-hydrogen) atoms. The predicted octanol–water partition coefficient (Wildman–Crippen LogP) is 2.76. The van der Waals surface area contributed by atoms with Crippen molar-refractivity contribution in [3.63, 3.8) is 0 Å². The van der Waals surface area contributed by atoms with E-state index < -0.39 is 0 Å². The van der Waals surface area contributed by atoms with Crippen molar-refractivity contribution in [3.05, 3.63) is 24.3 Å². The summed E-state index contributed by atoms with van der Waals surface area (Å²) in [6.07, 6.45) is 0. The van der Waals surface area contributed by atoms with Crippen LogP contribution in [0.25, 0.3) is 10.9 Å². The van der Waals surface area contributed by atoms with Gasteiger partial charge in [0.05, 0.1) is 12.1 Å². The predicted molar refractivity (Wildman–Crippen MR) is 83.2 cm³/mol. The number of para-hydroxylation sites is 1. The van der Waals surface area contributed by atoms with E-state index in [4.69, 9.17) is 4.74 Å². The van der Waals surface area contributed by atoms with Crippen LogP contribution >= 0.6 is 0 Å².